The van der Waals surface area contributed by atoms with E-state index < -0.39 is 15.9 Å². The van der Waals surface area contributed by atoms with Crippen molar-refractivity contribution in [2.75, 3.05) is 5.75 Å². The first-order valence-corrected chi connectivity index (χ1v) is 8.12. The Morgan fingerprint density at radius 1 is 1.15 bits per heavy atom. The van der Waals surface area contributed by atoms with Gasteiger partial charge < -0.3 is 5.11 Å². The lowest BCUT2D eigenvalue weighted by molar-refractivity contribution is 0.131. The highest BCUT2D eigenvalue weighted by molar-refractivity contribution is 7.91. The van der Waals surface area contributed by atoms with Gasteiger partial charge in [-0.1, -0.05) is 30.5 Å². The van der Waals surface area contributed by atoms with Gasteiger partial charge >= 0.3 is 0 Å². The number of aliphatic hydroxyl groups excluding tert-OH is 1. The van der Waals surface area contributed by atoms with E-state index in [4.69, 9.17) is 0 Å². The van der Waals surface area contributed by atoms with Crippen molar-refractivity contribution in [2.24, 2.45) is 5.92 Å². The summed E-state index contributed by atoms with van der Waals surface area (Å²) in [6.07, 6.45) is 3.38. The average molecular weight is 337 g/mol. The molecule has 0 bridgehead atoms. The highest BCUT2D eigenvalue weighted by Crippen LogP contribution is 2.29. The molecule has 0 amide bonds. The number of hydrogen-bond donors (Lipinski definition) is 1. The topological polar surface area (TPSA) is 54.4 Å². The van der Waals surface area contributed by atoms with Crippen LogP contribution in [0.2, 0.25) is 0 Å². The molecule has 1 saturated carbocycles. The summed E-state index contributed by atoms with van der Waals surface area (Å²) >= 11 is 0. The Morgan fingerprint density at radius 2 is 1.65 bits per heavy atom. The monoisotopic (exact) mass is 336 g/mol. The van der Waals surface area contributed by atoms with E-state index in [0.29, 0.717) is 4.90 Å². The fourth-order valence-corrected chi connectivity index (χ4v) is 4.01. The van der Waals surface area contributed by atoms with Crippen LogP contribution in [0, 0.1) is 12.8 Å². The maximum atomic E-state index is 12.2. The standard InChI is InChI=1S/C14H20O3S.2H2S/c1-11-6-8-13(9-7-11)18(16,17)10-14(15)12-4-2-3-5-12;;/h6-9,12,14-15H,2-5,10H2,1H3;2*1H2/t14-;;/m1../s1. The zero-order valence-corrected chi connectivity index (χ0v) is 14.5. The third-order valence-corrected chi connectivity index (χ3v) is 5.49. The van der Waals surface area contributed by atoms with Crippen LogP contribution in [0.1, 0.15) is 31.2 Å². The minimum Gasteiger partial charge on any atom is -0.392 e. The van der Waals surface area contributed by atoms with Crippen molar-refractivity contribution in [2.45, 2.75) is 43.6 Å². The number of benzene rings is 1. The van der Waals surface area contributed by atoms with Crippen molar-refractivity contribution in [3.63, 3.8) is 0 Å². The average Bonchev–Trinajstić information content (AvgIpc) is 2.82. The van der Waals surface area contributed by atoms with Gasteiger partial charge in [0.05, 0.1) is 16.8 Å². The highest BCUT2D eigenvalue weighted by Gasteiger charge is 2.28. The van der Waals surface area contributed by atoms with Gasteiger partial charge in [-0.05, 0) is 37.8 Å². The van der Waals surface area contributed by atoms with Crippen molar-refractivity contribution < 1.29 is 13.5 Å². The molecule has 1 aliphatic rings. The second-order valence-corrected chi connectivity index (χ2v) is 7.24. The van der Waals surface area contributed by atoms with Crippen LogP contribution in [-0.2, 0) is 9.84 Å². The molecule has 1 fully saturated rings. The molecule has 3 nitrogen and oxygen atoms in total. The summed E-state index contributed by atoms with van der Waals surface area (Å²) in [5.74, 6) is 0.00556. The molecular weight excluding hydrogens is 312 g/mol. The Hall–Kier alpha value is -0.170. The third kappa shape index (κ3) is 4.98. The first-order valence-electron chi connectivity index (χ1n) is 6.46. The van der Waals surface area contributed by atoms with E-state index >= 15 is 0 Å². The molecule has 1 aliphatic carbocycles. The highest BCUT2D eigenvalue weighted by atomic mass is 32.2. The molecule has 1 atom stereocenters. The molecule has 6 heteroatoms. The Balaban J connectivity index is 0.00000180. The van der Waals surface area contributed by atoms with E-state index in [-0.39, 0.29) is 38.7 Å². The predicted octanol–water partition coefficient (Wildman–Crippen LogP) is 2.55. The van der Waals surface area contributed by atoms with Gasteiger partial charge in [-0.15, -0.1) is 0 Å². The largest absolute Gasteiger partial charge is 0.392 e. The van der Waals surface area contributed by atoms with Crippen molar-refractivity contribution in [3.8, 4) is 0 Å². The van der Waals surface area contributed by atoms with Crippen molar-refractivity contribution in [1.29, 1.82) is 0 Å². The van der Waals surface area contributed by atoms with Gasteiger partial charge in [-0.2, -0.15) is 27.0 Å². The number of sulfone groups is 1. The quantitative estimate of drug-likeness (QED) is 0.919. The molecule has 1 aromatic rings. The van der Waals surface area contributed by atoms with E-state index in [0.717, 1.165) is 31.2 Å². The van der Waals surface area contributed by atoms with Crippen molar-refractivity contribution in [3.05, 3.63) is 29.8 Å². The minimum absolute atomic E-state index is 0. The Morgan fingerprint density at radius 3 is 2.15 bits per heavy atom. The Kier molecular flexibility index (Phi) is 8.25. The lowest BCUT2D eigenvalue weighted by Gasteiger charge is -2.17. The van der Waals surface area contributed by atoms with Crippen LogP contribution in [0.5, 0.6) is 0 Å². The Labute approximate surface area is 135 Å². The number of aryl methyl sites for hydroxylation is 1. The summed E-state index contributed by atoms with van der Waals surface area (Å²) in [5, 5.41) is 10.0. The fraction of sp³-hybridized carbons (Fsp3) is 0.571. The first-order chi connectivity index (χ1) is 8.49. The molecule has 20 heavy (non-hydrogen) atoms. The molecule has 0 aliphatic heterocycles. The minimum atomic E-state index is -3.36. The molecule has 0 spiro atoms. The summed E-state index contributed by atoms with van der Waals surface area (Å²) in [6, 6.07) is 6.81. The van der Waals surface area contributed by atoms with Crippen LogP contribution in [0.15, 0.2) is 29.2 Å². The maximum Gasteiger partial charge on any atom is 0.180 e. The lowest BCUT2D eigenvalue weighted by atomic mass is 10.0. The van der Waals surface area contributed by atoms with Crippen LogP contribution < -0.4 is 0 Å². The molecule has 0 heterocycles. The van der Waals surface area contributed by atoms with E-state index in [1.165, 1.54) is 0 Å². The van der Waals surface area contributed by atoms with Gasteiger partial charge in [0.1, 0.15) is 0 Å². The molecule has 116 valence electrons. The van der Waals surface area contributed by atoms with Crippen LogP contribution in [0.4, 0.5) is 0 Å². The SMILES string of the molecule is Cc1ccc(S(=O)(=O)C[C@@H](O)C2CCCC2)cc1.S.S. The van der Waals surface area contributed by atoms with Gasteiger partial charge in [0.25, 0.3) is 0 Å². The number of aliphatic hydroxyl groups is 1. The second-order valence-electron chi connectivity index (χ2n) is 5.21. The van der Waals surface area contributed by atoms with Gasteiger partial charge in [-0.25, -0.2) is 8.42 Å². The summed E-state index contributed by atoms with van der Waals surface area (Å²) in [7, 11) is -3.36. The third-order valence-electron chi connectivity index (χ3n) is 3.71. The summed E-state index contributed by atoms with van der Waals surface area (Å²) in [5.41, 5.74) is 1.03. The first kappa shape index (κ1) is 19.8. The van der Waals surface area contributed by atoms with Gasteiger partial charge in [0.15, 0.2) is 9.84 Å². The van der Waals surface area contributed by atoms with Crippen molar-refractivity contribution >= 4 is 36.8 Å². The summed E-state index contributed by atoms with van der Waals surface area (Å²) in [6.45, 7) is 1.92. The molecule has 0 unspecified atom stereocenters. The van der Waals surface area contributed by atoms with Crippen LogP contribution in [0.3, 0.4) is 0 Å². The van der Waals surface area contributed by atoms with E-state index in [9.17, 15) is 13.5 Å². The lowest BCUT2D eigenvalue weighted by Crippen LogP contribution is -2.27. The molecule has 1 N–H and O–H groups in total. The van der Waals surface area contributed by atoms with E-state index in [2.05, 4.69) is 0 Å². The van der Waals surface area contributed by atoms with Gasteiger partial charge in [-0.3, -0.25) is 0 Å². The second kappa shape index (κ2) is 8.32. The molecule has 0 saturated heterocycles. The molecule has 0 radical (unpaired) electrons. The summed E-state index contributed by atoms with van der Waals surface area (Å²) in [4.78, 5) is 0.310. The Bertz CT molecular complexity index is 491. The van der Waals surface area contributed by atoms with E-state index in [1.807, 2.05) is 6.92 Å². The molecule has 2 rings (SSSR count). The predicted molar refractivity (Wildman–Crippen MR) is 92.0 cm³/mol. The zero-order valence-electron chi connectivity index (χ0n) is 11.7. The maximum absolute atomic E-state index is 12.2. The van der Waals surface area contributed by atoms with Gasteiger partial charge in [0, 0.05) is 0 Å². The number of hydrogen-bond acceptors (Lipinski definition) is 3. The normalized spacial score (nSPS) is 17.1. The van der Waals surface area contributed by atoms with Crippen LogP contribution in [-0.4, -0.2) is 25.4 Å². The summed E-state index contributed by atoms with van der Waals surface area (Å²) < 4.78 is 24.3. The number of rotatable bonds is 4. The molecular formula is C14H24O3S3. The molecule has 0 aromatic heterocycles. The van der Waals surface area contributed by atoms with Crippen molar-refractivity contribution in [1.82, 2.24) is 0 Å². The van der Waals surface area contributed by atoms with Gasteiger partial charge in [0.2, 0.25) is 0 Å². The van der Waals surface area contributed by atoms with E-state index in [1.54, 1.807) is 24.3 Å². The van der Waals surface area contributed by atoms with Crippen LogP contribution in [0.25, 0.3) is 0 Å². The fourth-order valence-electron chi connectivity index (χ4n) is 2.54. The van der Waals surface area contributed by atoms with Crippen LogP contribution >= 0.6 is 27.0 Å². The molecule has 1 aromatic carbocycles. The zero-order chi connectivity index (χ0) is 13.2. The smallest absolute Gasteiger partial charge is 0.180 e.